The van der Waals surface area contributed by atoms with E-state index in [1.54, 1.807) is 0 Å². The minimum absolute atomic E-state index is 0.125. The normalized spacial score (nSPS) is 16.7. The molecule has 1 saturated heterocycles. The fraction of sp³-hybridized carbons (Fsp3) is 0.536. The maximum atomic E-state index is 10.3. The van der Waals surface area contributed by atoms with Crippen LogP contribution in [0.1, 0.15) is 70.3 Å². The Kier molecular flexibility index (Phi) is 10.7. The van der Waals surface area contributed by atoms with Gasteiger partial charge in [0, 0.05) is 48.3 Å². The van der Waals surface area contributed by atoms with Gasteiger partial charge in [-0.1, -0.05) is 12.1 Å². The molecule has 214 valence electrons. The lowest BCUT2D eigenvalue weighted by Gasteiger charge is -2.49. The molecule has 1 aliphatic heterocycles. The molecule has 0 aromatic carbocycles. The number of aromatic nitrogens is 2. The third-order valence-corrected chi connectivity index (χ3v) is 6.39. The highest BCUT2D eigenvalue weighted by atomic mass is 16.4. The lowest BCUT2D eigenvalue weighted by Crippen LogP contribution is -2.62. The molecule has 0 aliphatic carbocycles. The molecule has 1 fully saturated rings. The minimum Gasteiger partial charge on any atom is -0.481 e. The number of rotatable bonds is 10. The van der Waals surface area contributed by atoms with Crippen molar-refractivity contribution in [2.45, 2.75) is 96.1 Å². The van der Waals surface area contributed by atoms with Gasteiger partial charge >= 0.3 is 17.9 Å². The molecular formula is C28H40N4O7. The highest BCUT2D eigenvalue weighted by Crippen LogP contribution is 2.33. The first kappa shape index (κ1) is 31.8. The topological polar surface area (TPSA) is 173 Å². The van der Waals surface area contributed by atoms with Gasteiger partial charge in [-0.15, -0.1) is 0 Å². The van der Waals surface area contributed by atoms with Crippen molar-refractivity contribution in [3.05, 3.63) is 59.7 Å². The van der Waals surface area contributed by atoms with Gasteiger partial charge in [0.25, 0.3) is 0 Å². The molecule has 5 N–H and O–H groups in total. The summed E-state index contributed by atoms with van der Waals surface area (Å²) in [6.07, 6.45) is 3.79. The van der Waals surface area contributed by atoms with Gasteiger partial charge in [-0.2, -0.15) is 0 Å². The van der Waals surface area contributed by atoms with Crippen molar-refractivity contribution in [3.63, 3.8) is 0 Å². The number of aliphatic carboxylic acids is 3. The summed E-state index contributed by atoms with van der Waals surface area (Å²) < 4.78 is 0. The van der Waals surface area contributed by atoms with Gasteiger partial charge in [0.1, 0.15) is 0 Å². The molecule has 0 atom stereocenters. The lowest BCUT2D eigenvalue weighted by atomic mass is 9.79. The molecule has 0 saturated carbocycles. The van der Waals surface area contributed by atoms with Crippen LogP contribution in [-0.2, 0) is 27.5 Å². The number of nitrogens with zero attached hydrogens (tertiary/aromatic N) is 3. The van der Waals surface area contributed by atoms with Gasteiger partial charge in [0.2, 0.25) is 0 Å². The Hall–Kier alpha value is -3.41. The molecule has 11 nitrogen and oxygen atoms in total. The van der Waals surface area contributed by atoms with Gasteiger partial charge in [0.15, 0.2) is 5.60 Å². The van der Waals surface area contributed by atoms with Crippen LogP contribution in [0.3, 0.4) is 0 Å². The Labute approximate surface area is 228 Å². The zero-order valence-corrected chi connectivity index (χ0v) is 23.2. The van der Waals surface area contributed by atoms with E-state index in [0.29, 0.717) is 6.04 Å². The number of pyridine rings is 2. The van der Waals surface area contributed by atoms with E-state index < -0.39 is 36.4 Å². The molecule has 39 heavy (non-hydrogen) atoms. The number of aryl methyl sites for hydroxylation is 1. The van der Waals surface area contributed by atoms with Crippen molar-refractivity contribution < 1.29 is 34.8 Å². The highest BCUT2D eigenvalue weighted by Gasteiger charge is 2.41. The number of aliphatic hydroxyl groups is 1. The van der Waals surface area contributed by atoms with Gasteiger partial charge in [-0.25, -0.2) is 4.79 Å². The first-order valence-corrected chi connectivity index (χ1v) is 12.7. The SMILES string of the molecule is Cc1cccc(CN(Cc2cccnc2)C2CC(C)(C)NC(C)(C)C2)n1.O=C(O)CC(O)(CC(=O)O)C(=O)O. The first-order chi connectivity index (χ1) is 18.0. The van der Waals surface area contributed by atoms with Crippen LogP contribution in [0.5, 0.6) is 0 Å². The largest absolute Gasteiger partial charge is 0.481 e. The summed E-state index contributed by atoms with van der Waals surface area (Å²) >= 11 is 0. The molecule has 11 heteroatoms. The maximum absolute atomic E-state index is 10.3. The van der Waals surface area contributed by atoms with Crippen LogP contribution < -0.4 is 5.32 Å². The third kappa shape index (κ3) is 10.7. The summed E-state index contributed by atoms with van der Waals surface area (Å²) in [6, 6.07) is 11.0. The number of nitrogens with one attached hydrogen (secondary N) is 1. The molecule has 0 radical (unpaired) electrons. The standard InChI is InChI=1S/C22H32N4.C6H8O7/c1-17-8-6-10-19(24-17)16-26(15-18-9-7-11-23-14-18)20-12-21(2,3)25-22(4,5)13-20;7-3(8)1-6(13,5(11)12)2-4(9)10/h6-11,14,20,25H,12-13,15-16H2,1-5H3;13H,1-2H2,(H,7,8)(H,9,10)(H,11,12). The lowest BCUT2D eigenvalue weighted by molar-refractivity contribution is -0.170. The molecule has 3 heterocycles. The second-order valence-corrected chi connectivity index (χ2v) is 11.5. The molecule has 2 aromatic rings. The Morgan fingerprint density at radius 3 is 2.03 bits per heavy atom. The van der Waals surface area contributed by atoms with Crippen molar-refractivity contribution in [3.8, 4) is 0 Å². The van der Waals surface area contributed by atoms with E-state index in [4.69, 9.17) is 25.4 Å². The average molecular weight is 545 g/mol. The first-order valence-electron chi connectivity index (χ1n) is 12.7. The van der Waals surface area contributed by atoms with E-state index in [-0.39, 0.29) is 11.1 Å². The summed E-state index contributed by atoms with van der Waals surface area (Å²) in [6.45, 7) is 13.1. The number of piperidine rings is 1. The second kappa shape index (κ2) is 13.1. The van der Waals surface area contributed by atoms with Crippen molar-refractivity contribution in [2.75, 3.05) is 0 Å². The van der Waals surface area contributed by atoms with Gasteiger partial charge < -0.3 is 25.7 Å². The van der Waals surface area contributed by atoms with Crippen LogP contribution in [0.25, 0.3) is 0 Å². The summed E-state index contributed by atoms with van der Waals surface area (Å²) in [5.41, 5.74) is 0.990. The van der Waals surface area contributed by atoms with Gasteiger partial charge in [0.05, 0.1) is 18.5 Å². The van der Waals surface area contributed by atoms with Crippen molar-refractivity contribution in [1.29, 1.82) is 0 Å². The maximum Gasteiger partial charge on any atom is 0.336 e. The van der Waals surface area contributed by atoms with Crippen molar-refractivity contribution in [1.82, 2.24) is 20.2 Å². The van der Waals surface area contributed by atoms with Crippen LogP contribution in [0.4, 0.5) is 0 Å². The van der Waals surface area contributed by atoms with E-state index in [0.717, 1.165) is 37.3 Å². The molecule has 0 amide bonds. The van der Waals surface area contributed by atoms with Crippen LogP contribution in [-0.4, -0.2) is 75.9 Å². The van der Waals surface area contributed by atoms with Gasteiger partial charge in [-0.05, 0) is 71.2 Å². The van der Waals surface area contributed by atoms with E-state index in [1.807, 2.05) is 18.5 Å². The Morgan fingerprint density at radius 2 is 1.56 bits per heavy atom. The number of hydrogen-bond donors (Lipinski definition) is 5. The number of carboxylic acids is 3. The van der Waals surface area contributed by atoms with Crippen LogP contribution in [0.2, 0.25) is 0 Å². The molecule has 0 spiro atoms. The predicted molar refractivity (Wildman–Crippen MR) is 144 cm³/mol. The summed E-state index contributed by atoms with van der Waals surface area (Å²) in [5.74, 6) is -5.02. The monoisotopic (exact) mass is 544 g/mol. The van der Waals surface area contributed by atoms with Crippen molar-refractivity contribution in [2.24, 2.45) is 0 Å². The number of hydrogen-bond acceptors (Lipinski definition) is 8. The second-order valence-electron chi connectivity index (χ2n) is 11.5. The molecular weight excluding hydrogens is 504 g/mol. The van der Waals surface area contributed by atoms with Crippen LogP contribution >= 0.6 is 0 Å². The fourth-order valence-electron chi connectivity index (χ4n) is 5.18. The molecule has 1 aliphatic rings. The van der Waals surface area contributed by atoms with Crippen LogP contribution in [0, 0.1) is 6.92 Å². The Balaban J connectivity index is 0.000000349. The molecule has 0 unspecified atom stereocenters. The average Bonchev–Trinajstić information content (AvgIpc) is 2.76. The molecule has 2 aromatic heterocycles. The number of carbonyl (C=O) groups is 3. The predicted octanol–water partition coefficient (Wildman–Crippen LogP) is 2.85. The minimum atomic E-state index is -2.74. The summed E-state index contributed by atoms with van der Waals surface area (Å²) in [4.78, 5) is 42.1. The highest BCUT2D eigenvalue weighted by molar-refractivity contribution is 5.88. The van der Waals surface area contributed by atoms with E-state index >= 15 is 0 Å². The molecule has 0 bridgehead atoms. The summed E-state index contributed by atoms with van der Waals surface area (Å²) in [7, 11) is 0. The Bertz CT molecular complexity index is 1110. The Morgan fingerprint density at radius 1 is 0.974 bits per heavy atom. The summed E-state index contributed by atoms with van der Waals surface area (Å²) in [5, 5.41) is 37.6. The fourth-order valence-corrected chi connectivity index (χ4v) is 5.18. The third-order valence-electron chi connectivity index (χ3n) is 6.39. The quantitative estimate of drug-likeness (QED) is 0.298. The van der Waals surface area contributed by atoms with E-state index in [9.17, 15) is 14.4 Å². The van der Waals surface area contributed by atoms with E-state index in [1.165, 1.54) is 5.56 Å². The van der Waals surface area contributed by atoms with Crippen molar-refractivity contribution >= 4 is 17.9 Å². The van der Waals surface area contributed by atoms with Crippen LogP contribution in [0.15, 0.2) is 42.7 Å². The smallest absolute Gasteiger partial charge is 0.336 e. The number of carboxylic acid groups (broad SMARTS) is 3. The zero-order valence-electron chi connectivity index (χ0n) is 23.2. The van der Waals surface area contributed by atoms with Gasteiger partial charge in [-0.3, -0.25) is 24.5 Å². The van der Waals surface area contributed by atoms with E-state index in [2.05, 4.69) is 74.1 Å². The zero-order chi connectivity index (χ0) is 29.4. The molecule has 3 rings (SSSR count).